The maximum atomic E-state index is 5.84. The van der Waals surface area contributed by atoms with Crippen LogP contribution in [0.15, 0.2) is 12.1 Å². The first-order valence-electron chi connectivity index (χ1n) is 4.83. The predicted molar refractivity (Wildman–Crippen MR) is 59.7 cm³/mol. The summed E-state index contributed by atoms with van der Waals surface area (Å²) in [7, 11) is 2.03. The van der Waals surface area contributed by atoms with Crippen molar-refractivity contribution >= 4 is 23.1 Å². The van der Waals surface area contributed by atoms with Crippen LogP contribution >= 0.6 is 11.6 Å². The van der Waals surface area contributed by atoms with E-state index in [1.807, 2.05) is 7.05 Å². The monoisotopic (exact) mass is 211 g/mol. The normalized spacial score (nSPS) is 16.4. The molecule has 1 aromatic heterocycles. The van der Waals surface area contributed by atoms with Crippen molar-refractivity contribution < 1.29 is 0 Å². The Bertz CT molecular complexity index is 336. The van der Waals surface area contributed by atoms with Gasteiger partial charge in [-0.1, -0.05) is 11.6 Å². The first-order chi connectivity index (χ1) is 6.68. The Labute approximate surface area is 88.9 Å². The van der Waals surface area contributed by atoms with Crippen molar-refractivity contribution in [2.75, 3.05) is 17.7 Å². The van der Waals surface area contributed by atoms with Crippen molar-refractivity contribution in [1.82, 2.24) is 4.98 Å². The van der Waals surface area contributed by atoms with Crippen LogP contribution in [0.3, 0.4) is 0 Å². The van der Waals surface area contributed by atoms with Gasteiger partial charge in [0.15, 0.2) is 5.82 Å². The van der Waals surface area contributed by atoms with Gasteiger partial charge in [-0.15, -0.1) is 0 Å². The zero-order valence-electron chi connectivity index (χ0n) is 8.20. The van der Waals surface area contributed by atoms with E-state index in [4.69, 9.17) is 17.3 Å². The summed E-state index contributed by atoms with van der Waals surface area (Å²) in [5.74, 6) is 0.808. The van der Waals surface area contributed by atoms with Gasteiger partial charge in [-0.2, -0.15) is 0 Å². The zero-order valence-corrected chi connectivity index (χ0v) is 8.96. The highest BCUT2D eigenvalue weighted by atomic mass is 35.5. The van der Waals surface area contributed by atoms with Crippen LogP contribution in [-0.4, -0.2) is 18.1 Å². The third kappa shape index (κ3) is 1.64. The molecule has 0 radical (unpaired) electrons. The second kappa shape index (κ2) is 3.65. The minimum Gasteiger partial charge on any atom is -0.396 e. The summed E-state index contributed by atoms with van der Waals surface area (Å²) in [6, 6.07) is 4.11. The van der Waals surface area contributed by atoms with Crippen molar-refractivity contribution in [3.8, 4) is 0 Å². The Morgan fingerprint density at radius 3 is 2.79 bits per heavy atom. The average molecular weight is 212 g/mol. The number of pyridine rings is 1. The number of halogens is 1. The molecule has 0 saturated heterocycles. The summed E-state index contributed by atoms with van der Waals surface area (Å²) in [5.41, 5.74) is 6.54. The molecule has 2 N–H and O–H groups in total. The first-order valence-corrected chi connectivity index (χ1v) is 5.21. The lowest BCUT2D eigenvalue weighted by Gasteiger charge is -2.36. The van der Waals surface area contributed by atoms with Crippen LogP contribution in [0.1, 0.15) is 19.3 Å². The molecule has 0 amide bonds. The maximum Gasteiger partial charge on any atom is 0.153 e. The van der Waals surface area contributed by atoms with Gasteiger partial charge in [-0.3, -0.25) is 0 Å². The SMILES string of the molecule is CN(c1nc(Cl)ccc1N)C1CCC1. The molecular weight excluding hydrogens is 198 g/mol. The molecule has 0 spiro atoms. The maximum absolute atomic E-state index is 5.84. The van der Waals surface area contributed by atoms with Crippen molar-refractivity contribution in [2.45, 2.75) is 25.3 Å². The number of rotatable bonds is 2. The predicted octanol–water partition coefficient (Wildman–Crippen LogP) is 2.31. The first kappa shape index (κ1) is 9.59. The molecule has 0 bridgehead atoms. The smallest absolute Gasteiger partial charge is 0.153 e. The Morgan fingerprint density at radius 1 is 1.50 bits per heavy atom. The highest BCUT2D eigenvalue weighted by Crippen LogP contribution is 2.30. The molecule has 1 heterocycles. The van der Waals surface area contributed by atoms with E-state index in [0.717, 1.165) is 5.82 Å². The van der Waals surface area contributed by atoms with Gasteiger partial charge in [0.2, 0.25) is 0 Å². The second-order valence-electron chi connectivity index (χ2n) is 3.74. The quantitative estimate of drug-likeness (QED) is 0.764. The van der Waals surface area contributed by atoms with Gasteiger partial charge in [0.1, 0.15) is 5.15 Å². The lowest BCUT2D eigenvalue weighted by molar-refractivity contribution is 0.399. The summed E-state index contributed by atoms with van der Waals surface area (Å²) >= 11 is 5.83. The summed E-state index contributed by atoms with van der Waals surface area (Å²) in [4.78, 5) is 6.37. The molecule has 0 unspecified atom stereocenters. The average Bonchev–Trinajstić information content (AvgIpc) is 2.06. The second-order valence-corrected chi connectivity index (χ2v) is 4.13. The molecule has 3 nitrogen and oxygen atoms in total. The molecule has 1 fully saturated rings. The Kier molecular flexibility index (Phi) is 2.50. The topological polar surface area (TPSA) is 42.2 Å². The molecule has 0 aliphatic heterocycles. The third-order valence-corrected chi connectivity index (χ3v) is 3.04. The standard InChI is InChI=1S/C10H14ClN3/c1-14(7-3-2-4-7)10-8(12)5-6-9(11)13-10/h5-7H,2-4,12H2,1H3. The molecular formula is C10H14ClN3. The number of anilines is 2. The fourth-order valence-electron chi connectivity index (χ4n) is 1.67. The number of nitrogen functional groups attached to an aromatic ring is 1. The number of aromatic nitrogens is 1. The summed E-state index contributed by atoms with van der Waals surface area (Å²) in [6.45, 7) is 0. The molecule has 1 aliphatic carbocycles. The van der Waals surface area contributed by atoms with Gasteiger partial charge in [-0.25, -0.2) is 4.98 Å². The van der Waals surface area contributed by atoms with E-state index in [1.54, 1.807) is 12.1 Å². The zero-order chi connectivity index (χ0) is 10.1. The molecule has 4 heteroatoms. The summed E-state index contributed by atoms with van der Waals surface area (Å²) in [5, 5.41) is 0.500. The van der Waals surface area contributed by atoms with E-state index in [1.165, 1.54) is 19.3 Å². The van der Waals surface area contributed by atoms with E-state index >= 15 is 0 Å². The number of nitrogens with zero attached hydrogens (tertiary/aromatic N) is 2. The molecule has 76 valence electrons. The van der Waals surface area contributed by atoms with E-state index in [9.17, 15) is 0 Å². The van der Waals surface area contributed by atoms with E-state index in [-0.39, 0.29) is 0 Å². The van der Waals surface area contributed by atoms with Crippen molar-refractivity contribution in [3.05, 3.63) is 17.3 Å². The molecule has 0 atom stereocenters. The van der Waals surface area contributed by atoms with Gasteiger partial charge in [0, 0.05) is 13.1 Å². The van der Waals surface area contributed by atoms with E-state index in [0.29, 0.717) is 16.9 Å². The summed E-state index contributed by atoms with van der Waals surface area (Å²) in [6.07, 6.45) is 3.75. The van der Waals surface area contributed by atoms with Gasteiger partial charge in [0.25, 0.3) is 0 Å². The Balaban J connectivity index is 2.24. The fraction of sp³-hybridized carbons (Fsp3) is 0.500. The van der Waals surface area contributed by atoms with Gasteiger partial charge < -0.3 is 10.6 Å². The third-order valence-electron chi connectivity index (χ3n) is 2.83. The molecule has 2 rings (SSSR count). The largest absolute Gasteiger partial charge is 0.396 e. The van der Waals surface area contributed by atoms with Crippen molar-refractivity contribution in [3.63, 3.8) is 0 Å². The van der Waals surface area contributed by atoms with Crippen LogP contribution < -0.4 is 10.6 Å². The molecule has 1 aliphatic rings. The van der Waals surface area contributed by atoms with Crippen LogP contribution in [0, 0.1) is 0 Å². The van der Waals surface area contributed by atoms with Crippen LogP contribution in [0.25, 0.3) is 0 Å². The van der Waals surface area contributed by atoms with Crippen molar-refractivity contribution in [1.29, 1.82) is 0 Å². The Hall–Kier alpha value is -0.960. The van der Waals surface area contributed by atoms with Crippen LogP contribution in [0.4, 0.5) is 11.5 Å². The van der Waals surface area contributed by atoms with Crippen LogP contribution in [-0.2, 0) is 0 Å². The number of hydrogen-bond donors (Lipinski definition) is 1. The molecule has 0 aromatic carbocycles. The molecule has 14 heavy (non-hydrogen) atoms. The minimum atomic E-state index is 0.500. The van der Waals surface area contributed by atoms with Crippen LogP contribution in [0.2, 0.25) is 5.15 Å². The summed E-state index contributed by atoms with van der Waals surface area (Å²) < 4.78 is 0. The molecule has 1 aromatic rings. The van der Waals surface area contributed by atoms with E-state index < -0.39 is 0 Å². The Morgan fingerprint density at radius 2 is 2.21 bits per heavy atom. The van der Waals surface area contributed by atoms with Crippen molar-refractivity contribution in [2.24, 2.45) is 0 Å². The molecule has 1 saturated carbocycles. The van der Waals surface area contributed by atoms with Crippen LogP contribution in [0.5, 0.6) is 0 Å². The van der Waals surface area contributed by atoms with E-state index in [2.05, 4.69) is 9.88 Å². The number of hydrogen-bond acceptors (Lipinski definition) is 3. The van der Waals surface area contributed by atoms with Gasteiger partial charge in [0.05, 0.1) is 5.69 Å². The lowest BCUT2D eigenvalue weighted by atomic mass is 9.92. The lowest BCUT2D eigenvalue weighted by Crippen LogP contribution is -2.38. The number of nitrogens with two attached hydrogens (primary N) is 1. The van der Waals surface area contributed by atoms with Gasteiger partial charge in [-0.05, 0) is 31.4 Å². The highest BCUT2D eigenvalue weighted by Gasteiger charge is 2.24. The van der Waals surface area contributed by atoms with Gasteiger partial charge >= 0.3 is 0 Å². The highest BCUT2D eigenvalue weighted by molar-refractivity contribution is 6.29. The minimum absolute atomic E-state index is 0.500. The fourth-order valence-corrected chi connectivity index (χ4v) is 1.81.